The molecule has 2 aliphatic heterocycles. The lowest BCUT2D eigenvalue weighted by Gasteiger charge is -2.29. The van der Waals surface area contributed by atoms with E-state index in [2.05, 4.69) is 5.32 Å². The molecule has 110 valence electrons. The Morgan fingerprint density at radius 3 is 2.82 bits per heavy atom. The predicted octanol–water partition coefficient (Wildman–Crippen LogP) is 2.01. The average molecular weight is 296 g/mol. The molecule has 6 heteroatoms. The summed E-state index contributed by atoms with van der Waals surface area (Å²) in [5.74, 6) is 0.697. The van der Waals surface area contributed by atoms with Gasteiger partial charge in [-0.2, -0.15) is 0 Å². The first kappa shape index (κ1) is 12.7. The Bertz CT molecular complexity index is 787. The highest BCUT2D eigenvalue weighted by Gasteiger charge is 2.28. The molecule has 0 spiro atoms. The van der Waals surface area contributed by atoms with Crippen molar-refractivity contribution in [1.82, 2.24) is 0 Å². The van der Waals surface area contributed by atoms with Gasteiger partial charge in [-0.3, -0.25) is 14.5 Å². The fourth-order valence-electron chi connectivity index (χ4n) is 2.60. The van der Waals surface area contributed by atoms with Gasteiger partial charge in [-0.25, -0.2) is 0 Å². The first-order valence-corrected chi connectivity index (χ1v) is 6.83. The highest BCUT2D eigenvalue weighted by atomic mass is 16.7. The summed E-state index contributed by atoms with van der Waals surface area (Å²) in [7, 11) is 0. The Morgan fingerprint density at radius 1 is 1.09 bits per heavy atom. The van der Waals surface area contributed by atoms with Crippen LogP contribution in [0.4, 0.5) is 11.4 Å². The molecule has 0 bridgehead atoms. The van der Waals surface area contributed by atoms with E-state index < -0.39 is 0 Å². The molecule has 2 aromatic rings. The van der Waals surface area contributed by atoms with Gasteiger partial charge in [0, 0.05) is 5.56 Å². The maximum atomic E-state index is 12.8. The zero-order valence-electron chi connectivity index (χ0n) is 11.5. The first-order valence-electron chi connectivity index (χ1n) is 6.83. The van der Waals surface area contributed by atoms with E-state index in [0.717, 1.165) is 0 Å². The van der Waals surface area contributed by atoms with Crippen molar-refractivity contribution in [3.05, 3.63) is 48.0 Å². The fraction of sp³-hybridized carbons (Fsp3) is 0.125. The summed E-state index contributed by atoms with van der Waals surface area (Å²) in [6, 6.07) is 12.2. The Hall–Kier alpha value is -3.02. The maximum absolute atomic E-state index is 12.8. The van der Waals surface area contributed by atoms with Crippen molar-refractivity contribution >= 4 is 23.2 Å². The molecule has 2 aromatic carbocycles. The van der Waals surface area contributed by atoms with E-state index in [1.807, 2.05) is 12.1 Å². The number of hydrogen-bond donors (Lipinski definition) is 1. The molecule has 2 amide bonds. The number of nitrogens with zero attached hydrogens (tertiary/aromatic N) is 1. The summed E-state index contributed by atoms with van der Waals surface area (Å²) in [4.78, 5) is 26.0. The molecule has 0 aliphatic carbocycles. The lowest BCUT2D eigenvalue weighted by Crippen LogP contribution is -2.42. The van der Waals surface area contributed by atoms with Crippen molar-refractivity contribution in [2.75, 3.05) is 23.6 Å². The van der Waals surface area contributed by atoms with Crippen LogP contribution < -0.4 is 19.7 Å². The molecule has 0 atom stereocenters. The smallest absolute Gasteiger partial charge is 0.258 e. The number of nitrogens with one attached hydrogen (secondary N) is 1. The molecule has 0 fully saturated rings. The summed E-state index contributed by atoms with van der Waals surface area (Å²) in [6.07, 6.45) is 0. The third-order valence-corrected chi connectivity index (χ3v) is 3.64. The number of rotatable bonds is 1. The highest BCUT2D eigenvalue weighted by molar-refractivity contribution is 6.15. The van der Waals surface area contributed by atoms with Crippen molar-refractivity contribution in [1.29, 1.82) is 0 Å². The zero-order chi connectivity index (χ0) is 15.1. The van der Waals surface area contributed by atoms with Crippen LogP contribution in [-0.4, -0.2) is 25.2 Å². The van der Waals surface area contributed by atoms with Crippen LogP contribution in [0.2, 0.25) is 0 Å². The van der Waals surface area contributed by atoms with Crippen molar-refractivity contribution in [3.8, 4) is 11.5 Å². The Morgan fingerprint density at radius 2 is 1.91 bits per heavy atom. The first-order chi connectivity index (χ1) is 10.7. The minimum absolute atomic E-state index is 0.00963. The summed E-state index contributed by atoms with van der Waals surface area (Å²) >= 11 is 0. The molecule has 0 aromatic heterocycles. The number of hydrogen-bond acceptors (Lipinski definition) is 4. The normalized spacial score (nSPS) is 15.3. The lowest BCUT2D eigenvalue weighted by molar-refractivity contribution is -0.115. The van der Waals surface area contributed by atoms with Crippen LogP contribution in [0.15, 0.2) is 42.5 Å². The summed E-state index contributed by atoms with van der Waals surface area (Å²) < 4.78 is 10.5. The van der Waals surface area contributed by atoms with E-state index in [4.69, 9.17) is 9.47 Å². The standard InChI is InChI=1S/C16H12N2O4/c19-15-8-18(12-4-2-1-3-11(12)17-15)16(20)10-5-6-13-14(7-10)22-9-21-13/h1-7H,8-9H2,(H,17,19). The third kappa shape index (κ3) is 1.96. The summed E-state index contributed by atoms with van der Waals surface area (Å²) in [6.45, 7) is 0.145. The number of amides is 2. The van der Waals surface area contributed by atoms with Gasteiger partial charge >= 0.3 is 0 Å². The van der Waals surface area contributed by atoms with Crippen LogP contribution >= 0.6 is 0 Å². The van der Waals surface area contributed by atoms with Crippen LogP contribution in [-0.2, 0) is 4.79 Å². The molecule has 1 N–H and O–H groups in total. The van der Waals surface area contributed by atoms with Gasteiger partial charge in [0.05, 0.1) is 11.4 Å². The maximum Gasteiger partial charge on any atom is 0.258 e. The van der Waals surface area contributed by atoms with Crippen LogP contribution in [0.1, 0.15) is 10.4 Å². The van der Waals surface area contributed by atoms with Crippen molar-refractivity contribution in [2.45, 2.75) is 0 Å². The van der Waals surface area contributed by atoms with Crippen LogP contribution in [0.3, 0.4) is 0 Å². The second-order valence-corrected chi connectivity index (χ2v) is 5.02. The topological polar surface area (TPSA) is 67.9 Å². The van der Waals surface area contributed by atoms with E-state index in [1.54, 1.807) is 30.3 Å². The number of anilines is 2. The van der Waals surface area contributed by atoms with Gasteiger partial charge in [0.2, 0.25) is 12.7 Å². The summed E-state index contributed by atoms with van der Waals surface area (Å²) in [5.41, 5.74) is 1.77. The van der Waals surface area contributed by atoms with Gasteiger partial charge in [-0.05, 0) is 30.3 Å². The van der Waals surface area contributed by atoms with E-state index in [-0.39, 0.29) is 25.2 Å². The molecule has 2 aliphatic rings. The Balaban J connectivity index is 1.72. The van der Waals surface area contributed by atoms with Gasteiger partial charge in [0.1, 0.15) is 6.54 Å². The van der Waals surface area contributed by atoms with Crippen molar-refractivity contribution < 1.29 is 19.1 Å². The molecular formula is C16H12N2O4. The number of benzene rings is 2. The largest absolute Gasteiger partial charge is 0.454 e. The fourth-order valence-corrected chi connectivity index (χ4v) is 2.60. The predicted molar refractivity (Wildman–Crippen MR) is 79.3 cm³/mol. The number of para-hydroxylation sites is 2. The molecule has 22 heavy (non-hydrogen) atoms. The van der Waals surface area contributed by atoms with Crippen molar-refractivity contribution in [3.63, 3.8) is 0 Å². The van der Waals surface area contributed by atoms with Gasteiger partial charge < -0.3 is 14.8 Å². The second kappa shape index (κ2) is 4.77. The van der Waals surface area contributed by atoms with Crippen LogP contribution in [0.25, 0.3) is 0 Å². The van der Waals surface area contributed by atoms with Gasteiger partial charge in [-0.15, -0.1) is 0 Å². The average Bonchev–Trinajstić information content (AvgIpc) is 3.00. The second-order valence-electron chi connectivity index (χ2n) is 5.02. The quantitative estimate of drug-likeness (QED) is 0.874. The van der Waals surface area contributed by atoms with E-state index in [9.17, 15) is 9.59 Å². The van der Waals surface area contributed by atoms with Gasteiger partial charge in [-0.1, -0.05) is 12.1 Å². The molecular weight excluding hydrogens is 284 g/mol. The van der Waals surface area contributed by atoms with Crippen LogP contribution in [0.5, 0.6) is 11.5 Å². The molecule has 4 rings (SSSR count). The van der Waals surface area contributed by atoms with Gasteiger partial charge in [0.15, 0.2) is 11.5 Å². The monoisotopic (exact) mass is 296 g/mol. The molecule has 0 unspecified atom stereocenters. The van der Waals surface area contributed by atoms with E-state index >= 15 is 0 Å². The summed E-state index contributed by atoms with van der Waals surface area (Å²) in [5, 5.41) is 2.76. The third-order valence-electron chi connectivity index (χ3n) is 3.64. The Labute approximate surface area is 126 Å². The number of ether oxygens (including phenoxy) is 2. The minimum Gasteiger partial charge on any atom is -0.454 e. The van der Waals surface area contributed by atoms with E-state index in [0.29, 0.717) is 28.4 Å². The molecule has 0 saturated heterocycles. The van der Waals surface area contributed by atoms with Gasteiger partial charge in [0.25, 0.3) is 5.91 Å². The molecule has 2 heterocycles. The SMILES string of the molecule is O=C1CN(C(=O)c2ccc3c(c2)OCO3)c2ccccc2N1. The lowest BCUT2D eigenvalue weighted by atomic mass is 10.1. The zero-order valence-corrected chi connectivity index (χ0v) is 11.5. The number of carbonyl (C=O) groups is 2. The minimum atomic E-state index is -0.249. The molecule has 6 nitrogen and oxygen atoms in total. The van der Waals surface area contributed by atoms with E-state index in [1.165, 1.54) is 4.90 Å². The van der Waals surface area contributed by atoms with Crippen LogP contribution in [0, 0.1) is 0 Å². The number of carbonyl (C=O) groups excluding carboxylic acids is 2. The number of fused-ring (bicyclic) bond motifs is 2. The van der Waals surface area contributed by atoms with Crippen molar-refractivity contribution in [2.24, 2.45) is 0 Å². The molecule has 0 radical (unpaired) electrons. The molecule has 0 saturated carbocycles. The Kier molecular flexibility index (Phi) is 2.75. The highest BCUT2D eigenvalue weighted by Crippen LogP contribution is 2.34.